The third kappa shape index (κ3) is 5.14. The van der Waals surface area contributed by atoms with Gasteiger partial charge in [-0.3, -0.25) is 14.5 Å². The van der Waals surface area contributed by atoms with Crippen molar-refractivity contribution in [1.82, 2.24) is 9.55 Å². The van der Waals surface area contributed by atoms with Crippen LogP contribution in [0.3, 0.4) is 0 Å². The van der Waals surface area contributed by atoms with E-state index in [1.165, 1.54) is 0 Å². The molecule has 1 aromatic heterocycles. The quantitative estimate of drug-likeness (QED) is 0.369. The molecule has 13 nitrogen and oxygen atoms in total. The van der Waals surface area contributed by atoms with Crippen molar-refractivity contribution >= 4 is 15.7 Å². The fourth-order valence-corrected chi connectivity index (χ4v) is 3.53. The van der Waals surface area contributed by atoms with E-state index in [2.05, 4.69) is 13.8 Å². The lowest BCUT2D eigenvalue weighted by molar-refractivity contribution is -0.292. The molecular formula is C9H12FN3O10P2-2. The number of rotatable bonds is 6. The van der Waals surface area contributed by atoms with Gasteiger partial charge in [0.1, 0.15) is 23.8 Å². The first-order chi connectivity index (χ1) is 11.4. The highest BCUT2D eigenvalue weighted by atomic mass is 31.3. The monoisotopic (exact) mass is 403 g/mol. The van der Waals surface area contributed by atoms with Crippen molar-refractivity contribution in [3.63, 3.8) is 0 Å². The average Bonchev–Trinajstić information content (AvgIpc) is 2.71. The van der Waals surface area contributed by atoms with Crippen LogP contribution < -0.4 is 15.5 Å². The maximum absolute atomic E-state index is 12.3. The third-order valence-corrected chi connectivity index (χ3v) is 5.13. The van der Waals surface area contributed by atoms with Crippen molar-refractivity contribution in [3.05, 3.63) is 17.8 Å². The predicted molar refractivity (Wildman–Crippen MR) is 69.0 cm³/mol. The van der Waals surface area contributed by atoms with Crippen LogP contribution >= 0.6 is 15.7 Å². The summed E-state index contributed by atoms with van der Waals surface area (Å²) in [5.74, 6) is 0. The van der Waals surface area contributed by atoms with Crippen LogP contribution in [-0.2, 0) is 22.7 Å². The molecule has 2 heterocycles. The molecule has 6 atom stereocenters. The van der Waals surface area contributed by atoms with Gasteiger partial charge in [0, 0.05) is 6.20 Å². The molecule has 0 amide bonds. The van der Waals surface area contributed by atoms with E-state index in [-0.39, 0.29) is 5.49 Å². The van der Waals surface area contributed by atoms with Gasteiger partial charge in [0.25, 0.3) is 0 Å². The number of aliphatic hydroxyl groups is 2. The minimum Gasteiger partial charge on any atom is -0.846 e. The molecule has 0 aliphatic carbocycles. The molecule has 1 aromatic rings. The number of hydrogen-bond donors (Lipinski definition) is 4. The van der Waals surface area contributed by atoms with Crippen molar-refractivity contribution in [1.29, 1.82) is 5.41 Å². The molecule has 0 radical (unpaired) electrons. The summed E-state index contributed by atoms with van der Waals surface area (Å²) in [5, 5.41) is 38.6. The van der Waals surface area contributed by atoms with E-state index < -0.39 is 52.9 Å². The first-order valence-electron chi connectivity index (χ1n) is 6.41. The van der Waals surface area contributed by atoms with E-state index in [0.29, 0.717) is 0 Å². The van der Waals surface area contributed by atoms with Crippen LogP contribution in [0.2, 0.25) is 0 Å². The van der Waals surface area contributed by atoms with Crippen molar-refractivity contribution in [2.45, 2.75) is 24.5 Å². The minimum atomic E-state index is -6.06. The van der Waals surface area contributed by atoms with Crippen LogP contribution in [0.15, 0.2) is 12.3 Å². The highest BCUT2D eigenvalue weighted by molar-refractivity contribution is 7.60. The largest absolute Gasteiger partial charge is 0.846 e. The van der Waals surface area contributed by atoms with Crippen LogP contribution in [0.5, 0.6) is 6.01 Å². The first-order valence-corrected chi connectivity index (χ1v) is 9.34. The molecule has 0 aromatic carbocycles. The summed E-state index contributed by atoms with van der Waals surface area (Å²) in [6, 6.07) is 0.141. The lowest BCUT2D eigenvalue weighted by Gasteiger charge is -2.23. The van der Waals surface area contributed by atoms with Gasteiger partial charge < -0.3 is 34.4 Å². The summed E-state index contributed by atoms with van der Waals surface area (Å²) < 4.78 is 47.0. The summed E-state index contributed by atoms with van der Waals surface area (Å²) in [7, 11) is -11.4. The Kier molecular flexibility index (Phi) is 5.78. The van der Waals surface area contributed by atoms with Crippen molar-refractivity contribution < 1.29 is 52.0 Å². The predicted octanol–water partition coefficient (Wildman–Crippen LogP) is -2.37. The molecule has 1 aliphatic heterocycles. The number of aromatic nitrogens is 2. The molecule has 25 heavy (non-hydrogen) atoms. The number of hydrogen-bond acceptors (Lipinski definition) is 11. The third-order valence-electron chi connectivity index (χ3n) is 3.04. The SMILES string of the molecule is N=c1ccn([C@@H]2O[C@H](COP(=O)(O)OP(=O)([O-])F)[C@@H](O)[C@H]2O)c([O-])n1. The van der Waals surface area contributed by atoms with Crippen molar-refractivity contribution in [3.8, 4) is 6.01 Å². The highest BCUT2D eigenvalue weighted by Crippen LogP contribution is 2.58. The van der Waals surface area contributed by atoms with Gasteiger partial charge in [0.05, 0.1) is 12.6 Å². The molecule has 1 aliphatic rings. The van der Waals surface area contributed by atoms with Crippen LogP contribution in [0.25, 0.3) is 0 Å². The second kappa shape index (κ2) is 7.19. The van der Waals surface area contributed by atoms with E-state index in [9.17, 15) is 33.5 Å². The van der Waals surface area contributed by atoms with Gasteiger partial charge in [-0.15, -0.1) is 0 Å². The normalized spacial score (nSPS) is 31.4. The fourth-order valence-electron chi connectivity index (χ4n) is 2.02. The number of aliphatic hydroxyl groups excluding tert-OH is 2. The number of nitrogens with one attached hydrogen (secondary N) is 1. The summed E-state index contributed by atoms with van der Waals surface area (Å²) in [6.07, 6.45) is -5.28. The highest BCUT2D eigenvalue weighted by Gasteiger charge is 2.45. The van der Waals surface area contributed by atoms with Gasteiger partial charge in [-0.2, -0.15) is 4.20 Å². The fraction of sp³-hybridized carbons (Fsp3) is 0.556. The van der Waals surface area contributed by atoms with Crippen molar-refractivity contribution in [2.75, 3.05) is 6.61 Å². The topological polar surface area (TPSA) is 210 Å². The molecule has 1 saturated heterocycles. The standard InChI is InChI=1S/C9H14FN3O10P2/c10-24(17,18)23-25(19,20)21-3-4-6(14)7(15)8(22-4)13-2-1-5(11)12-9(13)16/h1-2,4,6-8,14-15H,3H2,(H,17,18)(H,19,20)(H2,11,12,16)/p-2/t4-,6-,7-,8-/m1/s1. The zero-order valence-corrected chi connectivity index (χ0v) is 13.8. The second-order valence-corrected chi connectivity index (χ2v) is 7.54. The Morgan fingerprint density at radius 3 is 2.64 bits per heavy atom. The maximum atomic E-state index is 12.3. The molecule has 1 fully saturated rings. The Morgan fingerprint density at radius 2 is 2.08 bits per heavy atom. The van der Waals surface area contributed by atoms with Gasteiger partial charge in [0.15, 0.2) is 6.23 Å². The van der Waals surface area contributed by atoms with E-state index in [0.717, 1.165) is 16.8 Å². The van der Waals surface area contributed by atoms with Gasteiger partial charge in [-0.05, 0) is 6.07 Å². The van der Waals surface area contributed by atoms with Crippen LogP contribution in [0.1, 0.15) is 6.23 Å². The summed E-state index contributed by atoms with van der Waals surface area (Å²) in [6.45, 7) is -0.971. The summed E-state index contributed by atoms with van der Waals surface area (Å²) >= 11 is 0. The molecule has 4 N–H and O–H groups in total. The van der Waals surface area contributed by atoms with E-state index in [1.807, 2.05) is 0 Å². The molecule has 0 spiro atoms. The second-order valence-electron chi connectivity index (χ2n) is 4.83. The van der Waals surface area contributed by atoms with E-state index >= 15 is 0 Å². The molecule has 0 saturated carbocycles. The molecule has 142 valence electrons. The van der Waals surface area contributed by atoms with Crippen LogP contribution in [0, 0.1) is 5.41 Å². The molecule has 0 bridgehead atoms. The zero-order chi connectivity index (χ0) is 19.0. The van der Waals surface area contributed by atoms with Crippen LogP contribution in [0.4, 0.5) is 4.20 Å². The van der Waals surface area contributed by atoms with Gasteiger partial charge in [-0.1, -0.05) is 0 Å². The lowest BCUT2D eigenvalue weighted by Crippen LogP contribution is -2.34. The van der Waals surface area contributed by atoms with Crippen molar-refractivity contribution in [2.24, 2.45) is 0 Å². The summed E-state index contributed by atoms with van der Waals surface area (Å²) in [4.78, 5) is 22.5. The summed E-state index contributed by atoms with van der Waals surface area (Å²) in [5.41, 5.74) is -0.346. The Labute approximate surface area is 138 Å². The average molecular weight is 403 g/mol. The maximum Gasteiger partial charge on any atom is 0.478 e. The number of nitrogens with zero attached hydrogens (tertiary/aromatic N) is 2. The number of halogens is 1. The minimum absolute atomic E-state index is 0.346. The Balaban J connectivity index is 2.08. The Bertz CT molecular complexity index is 783. The van der Waals surface area contributed by atoms with Gasteiger partial charge >= 0.3 is 15.7 Å². The molecule has 2 rings (SSSR count). The zero-order valence-electron chi connectivity index (χ0n) is 12.0. The lowest BCUT2D eigenvalue weighted by atomic mass is 10.1. The van der Waals surface area contributed by atoms with Crippen LogP contribution in [-0.4, -0.2) is 49.6 Å². The smallest absolute Gasteiger partial charge is 0.478 e. The van der Waals surface area contributed by atoms with Gasteiger partial charge in [0.2, 0.25) is 0 Å². The Hall–Kier alpha value is -1.21. The van der Waals surface area contributed by atoms with Gasteiger partial charge in [-0.25, -0.2) is 13.9 Å². The molecular weight excluding hydrogens is 391 g/mol. The number of phosphoric ester groups is 1. The van der Waals surface area contributed by atoms with E-state index in [1.54, 1.807) is 0 Å². The van der Waals surface area contributed by atoms with E-state index in [4.69, 9.17) is 15.0 Å². The first kappa shape index (κ1) is 20.1. The molecule has 16 heteroatoms. The Morgan fingerprint density at radius 1 is 1.44 bits per heavy atom. The molecule has 2 unspecified atom stereocenters. The number of phosphoric acid groups is 1. The number of ether oxygens (including phenoxy) is 1.